The molecule has 3 nitrogen and oxygen atoms in total. The van der Waals surface area contributed by atoms with Gasteiger partial charge in [0.25, 0.3) is 0 Å². The highest BCUT2D eigenvalue weighted by Crippen LogP contribution is 2.29. The van der Waals surface area contributed by atoms with E-state index < -0.39 is 0 Å². The summed E-state index contributed by atoms with van der Waals surface area (Å²) in [6.07, 6.45) is 3.91. The van der Waals surface area contributed by atoms with Gasteiger partial charge in [-0.05, 0) is 51.5 Å². The Kier molecular flexibility index (Phi) is 2.91. The summed E-state index contributed by atoms with van der Waals surface area (Å²) in [5, 5.41) is 9.31. The molecule has 2 rings (SSSR count). The number of hydrogen-bond donors (Lipinski definition) is 1. The predicted molar refractivity (Wildman–Crippen MR) is 60.1 cm³/mol. The Morgan fingerprint density at radius 2 is 2.07 bits per heavy atom. The van der Waals surface area contributed by atoms with Crippen molar-refractivity contribution in [3.63, 3.8) is 0 Å². The number of pyridine rings is 1. The van der Waals surface area contributed by atoms with Crippen LogP contribution in [-0.2, 0) is 0 Å². The van der Waals surface area contributed by atoms with Crippen molar-refractivity contribution in [1.29, 1.82) is 0 Å². The summed E-state index contributed by atoms with van der Waals surface area (Å²) in [7, 11) is 2.16. The maximum atomic E-state index is 9.31. The van der Waals surface area contributed by atoms with E-state index >= 15 is 0 Å². The minimum Gasteiger partial charge on any atom is -0.506 e. The molecule has 1 aliphatic rings. The fourth-order valence-corrected chi connectivity index (χ4v) is 2.28. The highest BCUT2D eigenvalue weighted by atomic mass is 16.3. The van der Waals surface area contributed by atoms with Crippen LogP contribution in [0.1, 0.15) is 30.0 Å². The van der Waals surface area contributed by atoms with Gasteiger partial charge in [-0.15, -0.1) is 0 Å². The molecule has 2 heterocycles. The zero-order valence-electron chi connectivity index (χ0n) is 9.40. The summed E-state index contributed by atoms with van der Waals surface area (Å²) < 4.78 is 0. The van der Waals surface area contributed by atoms with Gasteiger partial charge in [0, 0.05) is 11.6 Å². The molecule has 0 saturated carbocycles. The number of piperidine rings is 1. The molecule has 0 amide bonds. The number of likely N-dealkylation sites (tertiary alicyclic amines) is 1. The van der Waals surface area contributed by atoms with E-state index in [1.807, 2.05) is 6.92 Å². The van der Waals surface area contributed by atoms with Gasteiger partial charge in [0.15, 0.2) is 0 Å². The zero-order valence-corrected chi connectivity index (χ0v) is 9.40. The van der Waals surface area contributed by atoms with Crippen LogP contribution in [0.15, 0.2) is 12.3 Å². The lowest BCUT2D eigenvalue weighted by atomic mass is 9.91. The molecule has 1 fully saturated rings. The molecule has 1 aromatic heterocycles. The Bertz CT molecular complexity index is 343. The van der Waals surface area contributed by atoms with E-state index in [2.05, 4.69) is 16.9 Å². The number of nitrogens with zero attached hydrogens (tertiary/aromatic N) is 2. The first-order chi connectivity index (χ1) is 7.16. The lowest BCUT2D eigenvalue weighted by molar-refractivity contribution is 0.253. The Labute approximate surface area is 90.8 Å². The Hall–Kier alpha value is -1.09. The van der Waals surface area contributed by atoms with Crippen molar-refractivity contribution in [2.45, 2.75) is 25.7 Å². The first-order valence-electron chi connectivity index (χ1n) is 5.51. The maximum absolute atomic E-state index is 9.31. The topological polar surface area (TPSA) is 36.4 Å². The summed E-state index contributed by atoms with van der Waals surface area (Å²) in [6, 6.07) is 1.81. The zero-order chi connectivity index (χ0) is 10.8. The standard InChI is InChI=1S/C12H18N2O/c1-9-7-11(15)8-13-12(9)10-3-5-14(2)6-4-10/h7-8,10,15H,3-6H2,1-2H3. The van der Waals surface area contributed by atoms with E-state index in [4.69, 9.17) is 0 Å². The van der Waals surface area contributed by atoms with Gasteiger partial charge in [-0.3, -0.25) is 4.98 Å². The molecule has 0 unspecified atom stereocenters. The van der Waals surface area contributed by atoms with Gasteiger partial charge in [-0.1, -0.05) is 0 Å². The van der Waals surface area contributed by atoms with Crippen molar-refractivity contribution < 1.29 is 5.11 Å². The summed E-state index contributed by atoms with van der Waals surface area (Å²) in [5.41, 5.74) is 2.28. The molecular weight excluding hydrogens is 188 g/mol. The average Bonchev–Trinajstić information content (AvgIpc) is 2.20. The van der Waals surface area contributed by atoms with Crippen molar-refractivity contribution in [3.05, 3.63) is 23.5 Å². The highest BCUT2D eigenvalue weighted by Gasteiger charge is 2.20. The van der Waals surface area contributed by atoms with Crippen LogP contribution in [-0.4, -0.2) is 35.1 Å². The van der Waals surface area contributed by atoms with Crippen LogP contribution in [0, 0.1) is 6.92 Å². The molecule has 82 valence electrons. The van der Waals surface area contributed by atoms with Crippen molar-refractivity contribution in [2.75, 3.05) is 20.1 Å². The van der Waals surface area contributed by atoms with E-state index in [0.29, 0.717) is 5.92 Å². The van der Waals surface area contributed by atoms with Gasteiger partial charge in [-0.25, -0.2) is 0 Å². The largest absolute Gasteiger partial charge is 0.506 e. The van der Waals surface area contributed by atoms with Gasteiger partial charge >= 0.3 is 0 Å². The predicted octanol–water partition coefficient (Wildman–Crippen LogP) is 1.90. The second kappa shape index (κ2) is 4.19. The molecular formula is C12H18N2O. The van der Waals surface area contributed by atoms with Crippen molar-refractivity contribution >= 4 is 0 Å². The minimum atomic E-state index is 0.268. The van der Waals surface area contributed by atoms with E-state index in [0.717, 1.165) is 18.7 Å². The molecule has 0 spiro atoms. The van der Waals surface area contributed by atoms with Crippen LogP contribution in [0.5, 0.6) is 5.75 Å². The summed E-state index contributed by atoms with van der Waals surface area (Å²) in [4.78, 5) is 6.71. The molecule has 3 heteroatoms. The molecule has 1 aromatic rings. The maximum Gasteiger partial charge on any atom is 0.134 e. The molecule has 0 aliphatic carbocycles. The number of aromatic hydroxyl groups is 1. The summed E-state index contributed by atoms with van der Waals surface area (Å²) in [5.74, 6) is 0.839. The van der Waals surface area contributed by atoms with Gasteiger partial charge in [-0.2, -0.15) is 0 Å². The number of aromatic nitrogens is 1. The number of aryl methyl sites for hydroxylation is 1. The van der Waals surface area contributed by atoms with E-state index in [1.54, 1.807) is 12.3 Å². The monoisotopic (exact) mass is 206 g/mol. The Morgan fingerprint density at radius 1 is 1.40 bits per heavy atom. The average molecular weight is 206 g/mol. The number of rotatable bonds is 1. The molecule has 1 N–H and O–H groups in total. The van der Waals surface area contributed by atoms with Crippen molar-refractivity contribution in [1.82, 2.24) is 9.88 Å². The van der Waals surface area contributed by atoms with Crippen molar-refractivity contribution in [3.8, 4) is 5.75 Å². The van der Waals surface area contributed by atoms with Crippen LogP contribution in [0.25, 0.3) is 0 Å². The molecule has 15 heavy (non-hydrogen) atoms. The smallest absolute Gasteiger partial charge is 0.134 e. The van der Waals surface area contributed by atoms with Crippen molar-refractivity contribution in [2.24, 2.45) is 0 Å². The molecule has 1 aliphatic heterocycles. The third-order valence-electron chi connectivity index (χ3n) is 3.21. The van der Waals surface area contributed by atoms with Gasteiger partial charge < -0.3 is 10.0 Å². The Balaban J connectivity index is 2.15. The molecule has 0 atom stereocenters. The van der Waals surface area contributed by atoms with Crippen LogP contribution in [0.2, 0.25) is 0 Å². The first kappa shape index (κ1) is 10.4. The van der Waals surface area contributed by atoms with Gasteiger partial charge in [0.2, 0.25) is 0 Å². The van der Waals surface area contributed by atoms with Crippen LogP contribution < -0.4 is 0 Å². The highest BCUT2D eigenvalue weighted by molar-refractivity contribution is 5.29. The Morgan fingerprint density at radius 3 is 2.67 bits per heavy atom. The molecule has 0 aromatic carbocycles. The van der Waals surface area contributed by atoms with E-state index in [1.165, 1.54) is 18.5 Å². The van der Waals surface area contributed by atoms with Crippen LogP contribution >= 0.6 is 0 Å². The normalized spacial score (nSPS) is 19.3. The SMILES string of the molecule is Cc1cc(O)cnc1C1CCN(C)CC1. The quantitative estimate of drug-likeness (QED) is 0.762. The van der Waals surface area contributed by atoms with E-state index in [-0.39, 0.29) is 5.75 Å². The van der Waals surface area contributed by atoms with Gasteiger partial charge in [0.05, 0.1) is 6.20 Å². The summed E-state index contributed by atoms with van der Waals surface area (Å²) in [6.45, 7) is 4.32. The number of hydrogen-bond acceptors (Lipinski definition) is 3. The molecule has 0 bridgehead atoms. The third kappa shape index (κ3) is 2.29. The first-order valence-corrected chi connectivity index (χ1v) is 5.51. The van der Waals surface area contributed by atoms with Crippen LogP contribution in [0.4, 0.5) is 0 Å². The second-order valence-electron chi connectivity index (χ2n) is 4.47. The van der Waals surface area contributed by atoms with E-state index in [9.17, 15) is 5.11 Å². The molecule has 0 radical (unpaired) electrons. The lowest BCUT2D eigenvalue weighted by Gasteiger charge is -2.29. The fourth-order valence-electron chi connectivity index (χ4n) is 2.28. The third-order valence-corrected chi connectivity index (χ3v) is 3.21. The van der Waals surface area contributed by atoms with Gasteiger partial charge in [0.1, 0.15) is 5.75 Å². The van der Waals surface area contributed by atoms with Crippen LogP contribution in [0.3, 0.4) is 0 Å². The summed E-state index contributed by atoms with van der Waals surface area (Å²) >= 11 is 0. The second-order valence-corrected chi connectivity index (χ2v) is 4.47. The lowest BCUT2D eigenvalue weighted by Crippen LogP contribution is -2.29. The minimum absolute atomic E-state index is 0.268. The molecule has 1 saturated heterocycles. The fraction of sp³-hybridized carbons (Fsp3) is 0.583.